The fraction of sp³-hybridized carbons (Fsp3) is 0.188. The number of fused-ring (bicyclic) bond motifs is 2. The molecule has 6 nitrogen and oxygen atoms in total. The largest absolute Gasteiger partial charge is 0.375 e. The van der Waals surface area contributed by atoms with Gasteiger partial charge in [-0.25, -0.2) is 9.37 Å². The summed E-state index contributed by atoms with van der Waals surface area (Å²) in [5.41, 5.74) is 7.44. The van der Waals surface area contributed by atoms with Crippen molar-refractivity contribution in [1.29, 1.82) is 5.26 Å². The van der Waals surface area contributed by atoms with Gasteiger partial charge in [0.15, 0.2) is 5.13 Å². The van der Waals surface area contributed by atoms with E-state index < -0.39 is 5.82 Å². The summed E-state index contributed by atoms with van der Waals surface area (Å²) in [6, 6.07) is 6.18. The number of H-pyrrole nitrogens is 1. The second-order valence-electron chi connectivity index (χ2n) is 5.58. The topological polar surface area (TPSA) is 98.8 Å². The fourth-order valence-corrected chi connectivity index (χ4v) is 3.85. The molecule has 3 N–H and O–H groups in total. The van der Waals surface area contributed by atoms with E-state index in [1.807, 2.05) is 6.07 Å². The summed E-state index contributed by atoms with van der Waals surface area (Å²) >= 11 is 1.38. The molecule has 1 aromatic carbocycles. The Hall–Kier alpha value is -2.92. The third kappa shape index (κ3) is 2.21. The van der Waals surface area contributed by atoms with Crippen LogP contribution in [-0.2, 0) is 13.0 Å². The molecule has 2 aromatic heterocycles. The Morgan fingerprint density at radius 2 is 2.33 bits per heavy atom. The number of amides is 1. The molecule has 0 saturated carbocycles. The van der Waals surface area contributed by atoms with Gasteiger partial charge in [0.05, 0.1) is 29.4 Å². The van der Waals surface area contributed by atoms with Crippen molar-refractivity contribution in [3.63, 3.8) is 0 Å². The molecule has 1 aliphatic rings. The number of nitrogen functional groups attached to an aromatic ring is 1. The van der Waals surface area contributed by atoms with Gasteiger partial charge >= 0.3 is 0 Å². The Morgan fingerprint density at radius 3 is 3.12 bits per heavy atom. The number of hydrogen-bond acceptors (Lipinski definition) is 5. The minimum absolute atomic E-state index is 0.178. The lowest BCUT2D eigenvalue weighted by Gasteiger charge is -2.25. The first-order chi connectivity index (χ1) is 11.6. The molecule has 0 fully saturated rings. The molecule has 8 heteroatoms. The highest BCUT2D eigenvalue weighted by molar-refractivity contribution is 7.15. The monoisotopic (exact) mass is 341 g/mol. The SMILES string of the molecule is N#Cc1ccc(F)c2[nH]c(C(=O)N3CCc4nc(N)sc4C3)cc12. The van der Waals surface area contributed by atoms with Crippen LogP contribution in [0.2, 0.25) is 0 Å². The maximum absolute atomic E-state index is 13.9. The number of nitriles is 1. The van der Waals surface area contributed by atoms with Crippen molar-refractivity contribution in [2.75, 3.05) is 12.3 Å². The first-order valence-corrected chi connectivity index (χ1v) is 8.13. The Labute approximate surface area is 140 Å². The van der Waals surface area contributed by atoms with Crippen molar-refractivity contribution in [2.45, 2.75) is 13.0 Å². The second-order valence-corrected chi connectivity index (χ2v) is 6.69. The Balaban J connectivity index is 1.69. The summed E-state index contributed by atoms with van der Waals surface area (Å²) in [6.07, 6.45) is 0.646. The van der Waals surface area contributed by atoms with Crippen molar-refractivity contribution in [3.8, 4) is 6.07 Å². The lowest BCUT2D eigenvalue weighted by Crippen LogP contribution is -2.35. The van der Waals surface area contributed by atoms with Gasteiger partial charge in [-0.05, 0) is 18.2 Å². The van der Waals surface area contributed by atoms with Crippen LogP contribution in [0.25, 0.3) is 10.9 Å². The number of aromatic amines is 1. The molecule has 0 radical (unpaired) electrons. The molecule has 120 valence electrons. The van der Waals surface area contributed by atoms with Crippen molar-refractivity contribution in [2.24, 2.45) is 0 Å². The number of nitrogens with one attached hydrogen (secondary N) is 1. The highest BCUT2D eigenvalue weighted by Gasteiger charge is 2.26. The van der Waals surface area contributed by atoms with Gasteiger partial charge in [0.25, 0.3) is 5.91 Å². The van der Waals surface area contributed by atoms with E-state index in [9.17, 15) is 9.18 Å². The minimum Gasteiger partial charge on any atom is -0.375 e. The molecule has 0 unspecified atom stereocenters. The third-order valence-corrected chi connectivity index (χ3v) is 5.04. The van der Waals surface area contributed by atoms with Gasteiger partial charge in [0.1, 0.15) is 11.5 Å². The fourth-order valence-electron chi connectivity index (χ4n) is 2.96. The van der Waals surface area contributed by atoms with Crippen molar-refractivity contribution in [1.82, 2.24) is 14.9 Å². The van der Waals surface area contributed by atoms with E-state index in [0.717, 1.165) is 10.6 Å². The zero-order valence-electron chi connectivity index (χ0n) is 12.5. The smallest absolute Gasteiger partial charge is 0.270 e. The first kappa shape index (κ1) is 14.7. The minimum atomic E-state index is -0.487. The molecule has 0 spiro atoms. The number of halogens is 1. The van der Waals surface area contributed by atoms with Crippen molar-refractivity contribution in [3.05, 3.63) is 45.8 Å². The predicted octanol–water partition coefficient (Wildman–Crippen LogP) is 2.42. The molecule has 0 bridgehead atoms. The number of carbonyl (C=O) groups excluding carboxylic acids is 1. The van der Waals surface area contributed by atoms with E-state index in [0.29, 0.717) is 35.6 Å². The average Bonchev–Trinajstić information content (AvgIpc) is 3.17. The summed E-state index contributed by atoms with van der Waals surface area (Å²) in [5, 5.41) is 10.1. The lowest BCUT2D eigenvalue weighted by atomic mass is 10.1. The molecule has 1 amide bonds. The van der Waals surface area contributed by atoms with Crippen LogP contribution in [0, 0.1) is 17.1 Å². The van der Waals surface area contributed by atoms with Gasteiger partial charge in [-0.2, -0.15) is 5.26 Å². The zero-order chi connectivity index (χ0) is 16.8. The predicted molar refractivity (Wildman–Crippen MR) is 87.9 cm³/mol. The molecule has 3 heterocycles. The van der Waals surface area contributed by atoms with Crippen molar-refractivity contribution >= 4 is 33.3 Å². The Bertz CT molecular complexity index is 1020. The van der Waals surface area contributed by atoms with E-state index in [4.69, 9.17) is 11.0 Å². The number of aromatic nitrogens is 2. The van der Waals surface area contributed by atoms with Crippen LogP contribution < -0.4 is 5.73 Å². The number of nitrogens with two attached hydrogens (primary N) is 1. The van der Waals surface area contributed by atoms with E-state index in [2.05, 4.69) is 9.97 Å². The van der Waals surface area contributed by atoms with Gasteiger partial charge in [0.2, 0.25) is 0 Å². The number of nitrogens with zero attached hydrogens (tertiary/aromatic N) is 3. The first-order valence-electron chi connectivity index (χ1n) is 7.31. The van der Waals surface area contributed by atoms with E-state index in [-0.39, 0.29) is 17.1 Å². The van der Waals surface area contributed by atoms with Crippen LogP contribution in [0.5, 0.6) is 0 Å². The van der Waals surface area contributed by atoms with Gasteiger partial charge in [-0.15, -0.1) is 11.3 Å². The number of rotatable bonds is 1. The standard InChI is InChI=1S/C16H12FN5OS/c17-10-2-1-8(6-18)9-5-12(20-14(9)10)15(23)22-4-3-11-13(7-22)24-16(19)21-11/h1-2,5,20H,3-4,7H2,(H2,19,21). The van der Waals surface area contributed by atoms with E-state index in [1.54, 1.807) is 4.90 Å². The summed E-state index contributed by atoms with van der Waals surface area (Å²) in [5.74, 6) is -0.716. The molecule has 1 aliphatic heterocycles. The number of carbonyl (C=O) groups is 1. The van der Waals surface area contributed by atoms with Crippen LogP contribution in [0.4, 0.5) is 9.52 Å². The molecule has 0 saturated heterocycles. The van der Waals surface area contributed by atoms with Crippen LogP contribution in [0.15, 0.2) is 18.2 Å². The summed E-state index contributed by atoms with van der Waals surface area (Å²) in [4.78, 5) is 22.5. The van der Waals surface area contributed by atoms with Crippen LogP contribution >= 0.6 is 11.3 Å². The second kappa shape index (κ2) is 5.32. The van der Waals surface area contributed by atoms with E-state index in [1.165, 1.54) is 29.5 Å². The van der Waals surface area contributed by atoms with Gasteiger partial charge in [-0.3, -0.25) is 4.79 Å². The molecule has 3 aromatic rings. The van der Waals surface area contributed by atoms with Crippen LogP contribution in [-0.4, -0.2) is 27.3 Å². The Kier molecular flexibility index (Phi) is 3.25. The highest BCUT2D eigenvalue weighted by atomic mass is 32.1. The molecular formula is C16H12FN5OS. The van der Waals surface area contributed by atoms with Gasteiger partial charge in [0, 0.05) is 23.2 Å². The number of thiazole rings is 1. The van der Waals surface area contributed by atoms with Gasteiger partial charge in [-0.1, -0.05) is 0 Å². The highest BCUT2D eigenvalue weighted by Crippen LogP contribution is 2.28. The van der Waals surface area contributed by atoms with Crippen LogP contribution in [0.1, 0.15) is 26.6 Å². The van der Waals surface area contributed by atoms with E-state index >= 15 is 0 Å². The van der Waals surface area contributed by atoms with Crippen molar-refractivity contribution < 1.29 is 9.18 Å². The lowest BCUT2D eigenvalue weighted by molar-refractivity contribution is 0.0731. The van der Waals surface area contributed by atoms with Crippen LogP contribution in [0.3, 0.4) is 0 Å². The zero-order valence-corrected chi connectivity index (χ0v) is 13.3. The molecule has 24 heavy (non-hydrogen) atoms. The normalized spacial score (nSPS) is 13.8. The average molecular weight is 341 g/mol. The number of hydrogen-bond donors (Lipinski definition) is 2. The maximum atomic E-state index is 13.9. The van der Waals surface area contributed by atoms with Gasteiger partial charge < -0.3 is 15.6 Å². The maximum Gasteiger partial charge on any atom is 0.270 e. The number of anilines is 1. The Morgan fingerprint density at radius 1 is 1.50 bits per heavy atom. The molecule has 4 rings (SSSR count). The summed E-state index contributed by atoms with van der Waals surface area (Å²) in [6.45, 7) is 0.962. The third-order valence-electron chi connectivity index (χ3n) is 4.13. The quantitative estimate of drug-likeness (QED) is 0.710. The molecular weight excluding hydrogens is 329 g/mol. The summed E-state index contributed by atoms with van der Waals surface area (Å²) < 4.78 is 13.9. The molecule has 0 aliphatic carbocycles. The number of benzene rings is 1. The molecule has 0 atom stereocenters. The summed E-state index contributed by atoms with van der Waals surface area (Å²) in [7, 11) is 0.